The highest BCUT2D eigenvalue weighted by atomic mass is 16.4. The van der Waals surface area contributed by atoms with Gasteiger partial charge in [-0.15, -0.1) is 10.2 Å². The molecule has 0 saturated heterocycles. The highest BCUT2D eigenvalue weighted by molar-refractivity contribution is 5.98. The number of hydrogen-bond donors (Lipinski definition) is 2. The molecule has 0 unspecified atom stereocenters. The monoisotopic (exact) mass is 898 g/mol. The van der Waals surface area contributed by atoms with Crippen molar-refractivity contribution in [3.8, 4) is 0 Å². The number of nitrogens with zero attached hydrogens (tertiary/aromatic N) is 10. The largest absolute Gasteiger partial charge is 0.451 e. The summed E-state index contributed by atoms with van der Waals surface area (Å²) in [5, 5.41) is 23.4. The Kier molecular flexibility index (Phi) is 12.9. The molecular weight excluding hydrogens is 849 g/mol. The van der Waals surface area contributed by atoms with Crippen LogP contribution in [-0.4, -0.2) is 151 Å². The summed E-state index contributed by atoms with van der Waals surface area (Å²) in [6, 6.07) is 12.7. The maximum Gasteiger partial charge on any atom is 0.289 e. The summed E-state index contributed by atoms with van der Waals surface area (Å²) in [5.41, 5.74) is 5.01. The number of nitrogens with one attached hydrogen (secondary N) is 2. The Morgan fingerprint density at radius 1 is 0.697 bits per heavy atom. The van der Waals surface area contributed by atoms with Crippen molar-refractivity contribution in [1.29, 1.82) is 0 Å². The number of fused-ring (bicyclic) bond motifs is 2. The fourth-order valence-electron chi connectivity index (χ4n) is 8.10. The number of hydrogen-bond acceptors (Lipinski definition) is 12. The van der Waals surface area contributed by atoms with Crippen molar-refractivity contribution in [1.82, 2.24) is 60.2 Å². The summed E-state index contributed by atoms with van der Waals surface area (Å²) in [6.45, 7) is 2.75. The molecule has 66 heavy (non-hydrogen) atoms. The zero-order valence-electron chi connectivity index (χ0n) is 37.3. The van der Waals surface area contributed by atoms with Crippen molar-refractivity contribution in [2.24, 2.45) is 0 Å². The Hall–Kier alpha value is -7.90. The number of rotatable bonds is 14. The molecule has 2 N–H and O–H groups in total. The Balaban J connectivity index is 0.905. The fraction of sp³-hybridized carbons (Fsp3) is 0.348. The number of carbonyl (C=O) groups is 6. The van der Waals surface area contributed by atoms with Gasteiger partial charge in [0.05, 0.1) is 31.4 Å². The Bertz CT molecular complexity index is 2890. The lowest BCUT2D eigenvalue weighted by Gasteiger charge is -2.31. The van der Waals surface area contributed by atoms with Crippen LogP contribution in [0.25, 0.3) is 33.1 Å². The van der Waals surface area contributed by atoms with Gasteiger partial charge in [-0.3, -0.25) is 28.8 Å². The summed E-state index contributed by atoms with van der Waals surface area (Å²) >= 11 is 0. The van der Waals surface area contributed by atoms with Gasteiger partial charge in [0.1, 0.15) is 23.2 Å². The van der Waals surface area contributed by atoms with Crippen molar-refractivity contribution in [2.75, 3.05) is 54.4 Å². The molecule has 20 nitrogen and oxygen atoms in total. The lowest BCUT2D eigenvalue weighted by atomic mass is 9.99. The zero-order chi connectivity index (χ0) is 46.6. The van der Waals surface area contributed by atoms with E-state index in [1.165, 1.54) is 38.5 Å². The molecule has 6 heterocycles. The van der Waals surface area contributed by atoms with Gasteiger partial charge in [0.15, 0.2) is 11.5 Å². The normalized spacial score (nSPS) is 14.9. The third kappa shape index (κ3) is 10.1. The quantitative estimate of drug-likeness (QED) is 0.161. The third-order valence-corrected chi connectivity index (χ3v) is 11.4. The van der Waals surface area contributed by atoms with E-state index in [0.717, 1.165) is 33.0 Å². The second-order valence-electron chi connectivity index (χ2n) is 16.8. The maximum atomic E-state index is 14.2. The van der Waals surface area contributed by atoms with Crippen LogP contribution >= 0.6 is 0 Å². The molecule has 8 rings (SSSR count). The fourth-order valence-corrected chi connectivity index (χ4v) is 8.10. The molecule has 4 aromatic heterocycles. The van der Waals surface area contributed by atoms with E-state index in [-0.39, 0.29) is 73.4 Å². The van der Waals surface area contributed by atoms with Gasteiger partial charge in [-0.05, 0) is 71.5 Å². The summed E-state index contributed by atoms with van der Waals surface area (Å²) in [5.74, 6) is -1.53. The molecule has 2 aliphatic heterocycles. The van der Waals surface area contributed by atoms with Crippen molar-refractivity contribution in [2.45, 2.75) is 51.4 Å². The van der Waals surface area contributed by atoms with Crippen LogP contribution in [-0.2, 0) is 38.7 Å². The van der Waals surface area contributed by atoms with E-state index in [1.807, 2.05) is 24.3 Å². The van der Waals surface area contributed by atoms with Gasteiger partial charge in [-0.2, -0.15) is 0 Å². The minimum Gasteiger partial charge on any atom is -0.451 e. The smallest absolute Gasteiger partial charge is 0.289 e. The van der Waals surface area contributed by atoms with E-state index < -0.39 is 23.9 Å². The van der Waals surface area contributed by atoms with Crippen LogP contribution in [0.1, 0.15) is 57.7 Å². The van der Waals surface area contributed by atoms with E-state index in [4.69, 9.17) is 8.83 Å². The molecule has 342 valence electrons. The second-order valence-corrected chi connectivity index (χ2v) is 16.8. The standard InChI is InChI=1S/C46H50N12O8/c1-28(59)48-36(43(61)55-15-6-8-31(23-55)29-10-12-38-33(18-29)20-40(65-38)45(63)53(2)3)27-58-25-35(50-52-58)22-42(60)49-37(26-57-17-14-47-51-57)44(62)56-16-7-9-32(24-56)30-11-13-39-34(19-30)21-41(66-39)46(64)54(4)5/h8-14,17-21,25,36-37H,6-7,15-16,22-24,26-27H2,1-5H3,(H,48,59)(H,49,60)/t36-,37+/m0/s1. The molecule has 20 heteroatoms. The van der Waals surface area contributed by atoms with Crippen LogP contribution in [0.15, 0.2) is 88.1 Å². The lowest BCUT2D eigenvalue weighted by Crippen LogP contribution is -2.52. The SMILES string of the molecule is CC(=O)N[C@@H](Cn1cc(CC(=O)N[C@H](Cn2ccnn2)C(=O)N2CCC=C(c3ccc4oc(C(=O)N(C)C)cc4c3)C2)nn1)C(=O)N1CCC=C(c2ccc3oc(C(=O)N(C)C)cc3c2)C1. The summed E-state index contributed by atoms with van der Waals surface area (Å²) in [4.78, 5) is 85.4. The van der Waals surface area contributed by atoms with Crippen LogP contribution in [0.4, 0.5) is 0 Å². The number of benzene rings is 2. The predicted octanol–water partition coefficient (Wildman–Crippen LogP) is 2.63. The van der Waals surface area contributed by atoms with Gasteiger partial charge in [0.2, 0.25) is 23.6 Å². The highest BCUT2D eigenvalue weighted by Crippen LogP contribution is 2.29. The van der Waals surface area contributed by atoms with E-state index in [1.54, 1.807) is 68.5 Å². The highest BCUT2D eigenvalue weighted by Gasteiger charge is 2.31. The van der Waals surface area contributed by atoms with Crippen molar-refractivity contribution >= 4 is 68.5 Å². The minimum absolute atomic E-state index is 0.0288. The lowest BCUT2D eigenvalue weighted by molar-refractivity contribution is -0.136. The first kappa shape index (κ1) is 44.7. The second kappa shape index (κ2) is 19.1. The van der Waals surface area contributed by atoms with Crippen LogP contribution in [0.3, 0.4) is 0 Å². The average Bonchev–Trinajstić information content (AvgIpc) is 4.15. The third-order valence-electron chi connectivity index (χ3n) is 11.4. The molecule has 2 aliphatic rings. The molecule has 6 aromatic rings. The van der Waals surface area contributed by atoms with Gasteiger partial charge in [0.25, 0.3) is 11.8 Å². The van der Waals surface area contributed by atoms with Gasteiger partial charge < -0.3 is 39.1 Å². The zero-order valence-corrected chi connectivity index (χ0v) is 37.3. The van der Waals surface area contributed by atoms with Gasteiger partial charge in [0, 0.05) is 84.5 Å². The van der Waals surface area contributed by atoms with E-state index in [9.17, 15) is 28.8 Å². The Morgan fingerprint density at radius 3 is 1.73 bits per heavy atom. The van der Waals surface area contributed by atoms with E-state index >= 15 is 0 Å². The summed E-state index contributed by atoms with van der Waals surface area (Å²) < 4.78 is 14.4. The molecule has 0 aliphatic carbocycles. The van der Waals surface area contributed by atoms with Crippen LogP contribution < -0.4 is 10.6 Å². The average molecular weight is 899 g/mol. The van der Waals surface area contributed by atoms with Crippen LogP contribution in [0.5, 0.6) is 0 Å². The molecule has 0 spiro atoms. The van der Waals surface area contributed by atoms with Crippen LogP contribution in [0, 0.1) is 0 Å². The molecule has 6 amide bonds. The number of amides is 6. The summed E-state index contributed by atoms with van der Waals surface area (Å²) in [6.07, 6.45) is 9.72. The van der Waals surface area contributed by atoms with Gasteiger partial charge >= 0.3 is 0 Å². The molecule has 0 saturated carbocycles. The Morgan fingerprint density at radius 2 is 1.23 bits per heavy atom. The molecule has 2 atom stereocenters. The van der Waals surface area contributed by atoms with Gasteiger partial charge in [-0.25, -0.2) is 9.36 Å². The molecule has 2 aromatic carbocycles. The molecular formula is C46H50N12O8. The van der Waals surface area contributed by atoms with Crippen molar-refractivity contribution < 1.29 is 37.6 Å². The minimum atomic E-state index is -0.999. The summed E-state index contributed by atoms with van der Waals surface area (Å²) in [7, 11) is 6.63. The number of furan rings is 2. The topological polar surface area (TPSA) is 227 Å². The predicted molar refractivity (Wildman–Crippen MR) is 240 cm³/mol. The van der Waals surface area contributed by atoms with Crippen LogP contribution in [0.2, 0.25) is 0 Å². The molecule has 0 fully saturated rings. The first-order valence-electron chi connectivity index (χ1n) is 21.5. The van der Waals surface area contributed by atoms with Gasteiger partial charge in [-0.1, -0.05) is 34.7 Å². The first-order chi connectivity index (χ1) is 31.7. The molecule has 0 bridgehead atoms. The Labute approximate surface area is 378 Å². The van der Waals surface area contributed by atoms with E-state index in [2.05, 4.69) is 43.4 Å². The number of aromatic nitrogens is 6. The maximum absolute atomic E-state index is 14.2. The molecule has 0 radical (unpaired) electrons. The number of carbonyl (C=O) groups excluding carboxylic acids is 6. The van der Waals surface area contributed by atoms with Crippen molar-refractivity contribution in [3.05, 3.63) is 108 Å². The van der Waals surface area contributed by atoms with Crippen molar-refractivity contribution in [3.63, 3.8) is 0 Å². The van der Waals surface area contributed by atoms with E-state index in [0.29, 0.717) is 37.1 Å². The first-order valence-corrected chi connectivity index (χ1v) is 21.5.